The number of carboxylic acids is 1. The van der Waals surface area contributed by atoms with Gasteiger partial charge in [-0.15, -0.1) is 0 Å². The summed E-state index contributed by atoms with van der Waals surface area (Å²) in [5.74, 6) is -0.694. The van der Waals surface area contributed by atoms with E-state index in [-0.39, 0.29) is 12.3 Å². The summed E-state index contributed by atoms with van der Waals surface area (Å²) in [7, 11) is 0. The number of carbonyl (C=O) groups is 1. The number of hydrogen-bond acceptors (Lipinski definition) is 2. The zero-order chi connectivity index (χ0) is 7.78. The number of aliphatic hydroxyl groups is 1. The fourth-order valence-electron chi connectivity index (χ4n) is 1.16. The van der Waals surface area contributed by atoms with Crippen LogP contribution in [0.4, 0.5) is 0 Å². The van der Waals surface area contributed by atoms with Crippen LogP contribution >= 0.6 is 0 Å². The zero-order valence-corrected chi connectivity index (χ0v) is 6.00. The predicted molar refractivity (Wildman–Crippen MR) is 35.6 cm³/mol. The molecular formula is C7H12O3. The maximum atomic E-state index is 10.2. The molecule has 1 saturated carbocycles. The fourth-order valence-corrected chi connectivity index (χ4v) is 1.16. The van der Waals surface area contributed by atoms with Gasteiger partial charge in [-0.2, -0.15) is 0 Å². The average Bonchev–Trinajstić information content (AvgIpc) is 2.35. The van der Waals surface area contributed by atoms with E-state index >= 15 is 0 Å². The summed E-state index contributed by atoms with van der Waals surface area (Å²) in [5.41, 5.74) is -0.966. The van der Waals surface area contributed by atoms with Gasteiger partial charge in [0.1, 0.15) is 0 Å². The molecule has 3 nitrogen and oxygen atoms in total. The van der Waals surface area contributed by atoms with Crippen LogP contribution in [0, 0.1) is 5.92 Å². The van der Waals surface area contributed by atoms with Gasteiger partial charge in [0.05, 0.1) is 12.0 Å². The van der Waals surface area contributed by atoms with Gasteiger partial charge in [0.15, 0.2) is 0 Å². The number of carboxylic acid groups (broad SMARTS) is 1. The highest BCUT2D eigenvalue weighted by Crippen LogP contribution is 2.41. The molecule has 0 aromatic carbocycles. The van der Waals surface area contributed by atoms with Crippen molar-refractivity contribution in [2.45, 2.75) is 31.8 Å². The van der Waals surface area contributed by atoms with Gasteiger partial charge < -0.3 is 10.2 Å². The molecule has 1 atom stereocenters. The molecule has 0 aromatic heterocycles. The van der Waals surface area contributed by atoms with Gasteiger partial charge >= 0.3 is 5.97 Å². The molecule has 10 heavy (non-hydrogen) atoms. The van der Waals surface area contributed by atoms with Crippen LogP contribution in [0.5, 0.6) is 0 Å². The second-order valence-electron chi connectivity index (χ2n) is 3.20. The van der Waals surface area contributed by atoms with Crippen molar-refractivity contribution in [2.24, 2.45) is 5.92 Å². The lowest BCUT2D eigenvalue weighted by molar-refractivity contribution is -0.142. The van der Waals surface area contributed by atoms with Crippen molar-refractivity contribution in [3.8, 4) is 0 Å². The molecule has 1 rings (SSSR count). The van der Waals surface area contributed by atoms with Crippen LogP contribution in [0.1, 0.15) is 26.2 Å². The third-order valence-electron chi connectivity index (χ3n) is 1.97. The SMILES string of the molecule is C[C@@](O)(CC(=O)O)C1CC1. The first kappa shape index (κ1) is 7.54. The third kappa shape index (κ3) is 1.70. The first-order chi connectivity index (χ1) is 4.52. The summed E-state index contributed by atoms with van der Waals surface area (Å²) in [6.07, 6.45) is 1.82. The quantitative estimate of drug-likeness (QED) is 0.610. The van der Waals surface area contributed by atoms with E-state index in [1.165, 1.54) is 0 Å². The van der Waals surface area contributed by atoms with Crippen LogP contribution in [0.3, 0.4) is 0 Å². The van der Waals surface area contributed by atoms with E-state index < -0.39 is 11.6 Å². The van der Waals surface area contributed by atoms with E-state index in [1.54, 1.807) is 6.92 Å². The summed E-state index contributed by atoms with van der Waals surface area (Å²) >= 11 is 0. The van der Waals surface area contributed by atoms with Crippen LogP contribution in [-0.4, -0.2) is 21.8 Å². The van der Waals surface area contributed by atoms with Gasteiger partial charge in [-0.1, -0.05) is 0 Å². The maximum absolute atomic E-state index is 10.2. The maximum Gasteiger partial charge on any atom is 0.306 e. The van der Waals surface area contributed by atoms with Crippen LogP contribution in [0.25, 0.3) is 0 Å². The molecule has 2 N–H and O–H groups in total. The summed E-state index contributed by atoms with van der Waals surface area (Å²) in [6, 6.07) is 0. The minimum absolute atomic E-state index is 0.127. The van der Waals surface area contributed by atoms with Gasteiger partial charge in [0.2, 0.25) is 0 Å². The van der Waals surface area contributed by atoms with Crippen LogP contribution < -0.4 is 0 Å². The fraction of sp³-hybridized carbons (Fsp3) is 0.857. The molecule has 3 heteroatoms. The summed E-state index contributed by atoms with van der Waals surface area (Å²) in [4.78, 5) is 10.2. The van der Waals surface area contributed by atoms with Gasteiger partial charge in [-0.3, -0.25) is 4.79 Å². The molecule has 0 bridgehead atoms. The summed E-state index contributed by atoms with van der Waals surface area (Å²) in [6.45, 7) is 1.60. The van der Waals surface area contributed by atoms with E-state index in [1.807, 2.05) is 0 Å². The molecule has 0 aliphatic heterocycles. The Morgan fingerprint density at radius 3 is 2.50 bits per heavy atom. The monoisotopic (exact) mass is 144 g/mol. The minimum Gasteiger partial charge on any atom is -0.481 e. The van der Waals surface area contributed by atoms with E-state index in [9.17, 15) is 9.90 Å². The van der Waals surface area contributed by atoms with Crippen molar-refractivity contribution < 1.29 is 15.0 Å². The molecule has 1 aliphatic carbocycles. The van der Waals surface area contributed by atoms with Crippen molar-refractivity contribution in [1.29, 1.82) is 0 Å². The molecule has 0 saturated heterocycles. The van der Waals surface area contributed by atoms with Crippen molar-refractivity contribution in [2.75, 3.05) is 0 Å². The molecule has 1 aliphatic rings. The third-order valence-corrected chi connectivity index (χ3v) is 1.97. The van der Waals surface area contributed by atoms with Crippen LogP contribution in [-0.2, 0) is 4.79 Å². The van der Waals surface area contributed by atoms with Gasteiger partial charge in [-0.25, -0.2) is 0 Å². The normalized spacial score (nSPS) is 23.8. The zero-order valence-electron chi connectivity index (χ0n) is 6.00. The first-order valence-electron chi connectivity index (χ1n) is 3.46. The summed E-state index contributed by atoms with van der Waals surface area (Å²) < 4.78 is 0. The Labute approximate surface area is 59.7 Å². The van der Waals surface area contributed by atoms with Crippen molar-refractivity contribution in [3.63, 3.8) is 0 Å². The molecule has 0 amide bonds. The molecule has 0 aromatic rings. The molecule has 0 heterocycles. The Morgan fingerprint density at radius 2 is 2.20 bits per heavy atom. The topological polar surface area (TPSA) is 57.5 Å². The lowest BCUT2D eigenvalue weighted by atomic mass is 9.97. The Bertz CT molecular complexity index is 147. The second kappa shape index (κ2) is 2.23. The molecule has 58 valence electrons. The second-order valence-corrected chi connectivity index (χ2v) is 3.20. The molecule has 0 spiro atoms. The van der Waals surface area contributed by atoms with Crippen molar-refractivity contribution >= 4 is 5.97 Å². The highest BCUT2D eigenvalue weighted by Gasteiger charge is 2.41. The minimum atomic E-state index is -0.966. The number of aliphatic carboxylic acids is 1. The average molecular weight is 144 g/mol. The molecule has 0 radical (unpaired) electrons. The van der Waals surface area contributed by atoms with E-state index in [0.29, 0.717) is 0 Å². The Kier molecular flexibility index (Phi) is 1.68. The van der Waals surface area contributed by atoms with Crippen molar-refractivity contribution in [1.82, 2.24) is 0 Å². The van der Waals surface area contributed by atoms with Gasteiger partial charge in [-0.05, 0) is 25.7 Å². The lowest BCUT2D eigenvalue weighted by Gasteiger charge is -2.19. The van der Waals surface area contributed by atoms with E-state index in [2.05, 4.69) is 0 Å². The number of rotatable bonds is 3. The largest absolute Gasteiger partial charge is 0.481 e. The molecular weight excluding hydrogens is 132 g/mol. The summed E-state index contributed by atoms with van der Waals surface area (Å²) in [5, 5.41) is 17.8. The first-order valence-corrected chi connectivity index (χ1v) is 3.46. The standard InChI is InChI=1S/C7H12O3/c1-7(10,4-6(8)9)5-2-3-5/h5,10H,2-4H2,1H3,(H,8,9)/t7-/m1/s1. The van der Waals surface area contributed by atoms with Gasteiger partial charge in [0, 0.05) is 0 Å². The van der Waals surface area contributed by atoms with E-state index in [4.69, 9.17) is 5.11 Å². The molecule has 0 unspecified atom stereocenters. The highest BCUT2D eigenvalue weighted by atomic mass is 16.4. The Morgan fingerprint density at radius 1 is 1.70 bits per heavy atom. The predicted octanol–water partition coefficient (Wildman–Crippen LogP) is 0.622. The number of hydrogen-bond donors (Lipinski definition) is 2. The van der Waals surface area contributed by atoms with Crippen LogP contribution in [0.15, 0.2) is 0 Å². The lowest BCUT2D eigenvalue weighted by Crippen LogP contribution is -2.30. The highest BCUT2D eigenvalue weighted by molar-refractivity contribution is 5.68. The Hall–Kier alpha value is -0.570. The smallest absolute Gasteiger partial charge is 0.306 e. The van der Waals surface area contributed by atoms with E-state index in [0.717, 1.165) is 12.8 Å². The Balaban J connectivity index is 2.41. The van der Waals surface area contributed by atoms with Gasteiger partial charge in [0.25, 0.3) is 0 Å². The van der Waals surface area contributed by atoms with Crippen LogP contribution in [0.2, 0.25) is 0 Å². The van der Waals surface area contributed by atoms with Crippen molar-refractivity contribution in [3.05, 3.63) is 0 Å². The molecule has 1 fully saturated rings.